The monoisotopic (exact) mass is 236 g/mol. The second kappa shape index (κ2) is 5.75. The van der Waals surface area contributed by atoms with Crippen molar-refractivity contribution in [1.82, 2.24) is 9.88 Å². The zero-order chi connectivity index (χ0) is 12.1. The Morgan fingerprint density at radius 2 is 1.82 bits per heavy atom. The average molecular weight is 236 g/mol. The summed E-state index contributed by atoms with van der Waals surface area (Å²) in [5.74, 6) is -0.670. The van der Waals surface area contributed by atoms with Gasteiger partial charge in [0.25, 0.3) is 5.91 Å². The second-order valence-electron chi connectivity index (χ2n) is 4.43. The fourth-order valence-electron chi connectivity index (χ4n) is 2.17. The topological polar surface area (TPSA) is 33.2 Å². The maximum atomic E-state index is 13.0. The first-order valence-corrected chi connectivity index (χ1v) is 6.18. The molecule has 1 aliphatic heterocycles. The molecule has 0 saturated carbocycles. The Bertz CT molecular complexity index is 387. The molecule has 2 rings (SSSR count). The van der Waals surface area contributed by atoms with Gasteiger partial charge in [0.1, 0.15) is 0 Å². The summed E-state index contributed by atoms with van der Waals surface area (Å²) in [5.41, 5.74) is 0.401. The quantitative estimate of drug-likeness (QED) is 0.702. The first kappa shape index (κ1) is 12.0. The molecule has 0 aliphatic carbocycles. The molecule has 0 N–H and O–H groups in total. The van der Waals surface area contributed by atoms with Crippen LogP contribution in [0.4, 0.5) is 4.39 Å². The van der Waals surface area contributed by atoms with Crippen molar-refractivity contribution < 1.29 is 9.18 Å². The lowest BCUT2D eigenvalue weighted by molar-refractivity contribution is 0.0741. The minimum Gasteiger partial charge on any atom is -0.339 e. The predicted octanol–water partition coefficient (Wildman–Crippen LogP) is 2.63. The number of amides is 1. The van der Waals surface area contributed by atoms with Gasteiger partial charge in [0.15, 0.2) is 0 Å². The summed E-state index contributed by atoms with van der Waals surface area (Å²) < 4.78 is 13.0. The molecule has 0 spiro atoms. The molecule has 17 heavy (non-hydrogen) atoms. The van der Waals surface area contributed by atoms with Gasteiger partial charge < -0.3 is 4.90 Å². The molecule has 1 aliphatic rings. The number of likely N-dealkylation sites (tertiary alicyclic amines) is 1. The van der Waals surface area contributed by atoms with Gasteiger partial charge in [0, 0.05) is 30.9 Å². The number of rotatable bonds is 1. The van der Waals surface area contributed by atoms with E-state index in [9.17, 15) is 9.18 Å². The summed E-state index contributed by atoms with van der Waals surface area (Å²) in [6, 6.07) is 2.78. The molecule has 1 saturated heterocycles. The van der Waals surface area contributed by atoms with Crippen LogP contribution in [0.2, 0.25) is 0 Å². The number of aromatic nitrogens is 1. The fraction of sp³-hybridized carbons (Fsp3) is 0.538. The van der Waals surface area contributed by atoms with Crippen molar-refractivity contribution in [3.63, 3.8) is 0 Å². The van der Waals surface area contributed by atoms with Crippen molar-refractivity contribution in [2.75, 3.05) is 13.1 Å². The van der Waals surface area contributed by atoms with Gasteiger partial charge in [0.05, 0.1) is 0 Å². The van der Waals surface area contributed by atoms with Gasteiger partial charge in [-0.15, -0.1) is 0 Å². The van der Waals surface area contributed by atoms with E-state index in [2.05, 4.69) is 4.98 Å². The first-order valence-electron chi connectivity index (χ1n) is 6.18. The van der Waals surface area contributed by atoms with E-state index in [-0.39, 0.29) is 5.91 Å². The van der Waals surface area contributed by atoms with Crippen LogP contribution in [0.15, 0.2) is 18.3 Å². The Morgan fingerprint density at radius 1 is 1.18 bits per heavy atom. The molecule has 0 unspecified atom stereocenters. The lowest BCUT2D eigenvalue weighted by atomic mass is 10.1. The van der Waals surface area contributed by atoms with Crippen molar-refractivity contribution >= 4 is 5.91 Å². The van der Waals surface area contributed by atoms with Crippen LogP contribution >= 0.6 is 0 Å². The molecular weight excluding hydrogens is 219 g/mol. The molecule has 1 aromatic rings. The third kappa shape index (κ3) is 3.25. The number of pyridine rings is 1. The number of hydrogen-bond acceptors (Lipinski definition) is 2. The van der Waals surface area contributed by atoms with Gasteiger partial charge in [-0.3, -0.25) is 4.79 Å². The van der Waals surface area contributed by atoms with Gasteiger partial charge in [-0.25, -0.2) is 4.98 Å². The molecular formula is C13H17FN2O. The SMILES string of the molecule is O=C(c1ccnc(F)c1)N1CCCCCCC1. The summed E-state index contributed by atoms with van der Waals surface area (Å²) in [6.07, 6.45) is 7.03. The number of nitrogens with zero attached hydrogens (tertiary/aromatic N) is 2. The number of halogens is 1. The van der Waals surface area contributed by atoms with Crippen LogP contribution in [0.1, 0.15) is 42.5 Å². The Labute approximate surface area is 101 Å². The second-order valence-corrected chi connectivity index (χ2v) is 4.43. The minimum absolute atomic E-state index is 0.0757. The maximum absolute atomic E-state index is 13.0. The maximum Gasteiger partial charge on any atom is 0.254 e. The van der Waals surface area contributed by atoms with Crippen molar-refractivity contribution in [1.29, 1.82) is 0 Å². The Hall–Kier alpha value is -1.45. The van der Waals surface area contributed by atoms with Gasteiger partial charge in [0.2, 0.25) is 5.95 Å². The van der Waals surface area contributed by atoms with E-state index in [1.54, 1.807) is 6.07 Å². The lowest BCUT2D eigenvalue weighted by Crippen LogP contribution is -2.33. The Balaban J connectivity index is 2.07. The van der Waals surface area contributed by atoms with E-state index >= 15 is 0 Å². The molecule has 1 amide bonds. The van der Waals surface area contributed by atoms with Crippen LogP contribution in [-0.4, -0.2) is 28.9 Å². The van der Waals surface area contributed by atoms with Crippen molar-refractivity contribution in [2.45, 2.75) is 32.1 Å². The van der Waals surface area contributed by atoms with Gasteiger partial charge in [-0.2, -0.15) is 4.39 Å². The molecule has 0 aromatic carbocycles. The van der Waals surface area contributed by atoms with Crippen LogP contribution in [0.5, 0.6) is 0 Å². The van der Waals surface area contributed by atoms with Crippen LogP contribution < -0.4 is 0 Å². The van der Waals surface area contributed by atoms with E-state index in [0.717, 1.165) is 25.9 Å². The fourth-order valence-corrected chi connectivity index (χ4v) is 2.17. The van der Waals surface area contributed by atoms with E-state index in [1.165, 1.54) is 31.5 Å². The van der Waals surface area contributed by atoms with E-state index < -0.39 is 5.95 Å². The van der Waals surface area contributed by atoms with Crippen LogP contribution in [0.25, 0.3) is 0 Å². The molecule has 1 aromatic heterocycles. The summed E-state index contributed by atoms with van der Waals surface area (Å²) in [6.45, 7) is 1.56. The van der Waals surface area contributed by atoms with E-state index in [1.807, 2.05) is 4.90 Å². The zero-order valence-corrected chi connectivity index (χ0v) is 9.86. The molecule has 3 nitrogen and oxygen atoms in total. The third-order valence-corrected chi connectivity index (χ3v) is 3.12. The van der Waals surface area contributed by atoms with Crippen molar-refractivity contribution in [3.8, 4) is 0 Å². The first-order chi connectivity index (χ1) is 8.27. The number of hydrogen-bond donors (Lipinski definition) is 0. The Morgan fingerprint density at radius 3 is 2.47 bits per heavy atom. The van der Waals surface area contributed by atoms with Gasteiger partial charge >= 0.3 is 0 Å². The van der Waals surface area contributed by atoms with Crippen molar-refractivity contribution in [2.24, 2.45) is 0 Å². The molecule has 1 fully saturated rings. The third-order valence-electron chi connectivity index (χ3n) is 3.12. The summed E-state index contributed by atoms with van der Waals surface area (Å²) in [4.78, 5) is 17.4. The Kier molecular flexibility index (Phi) is 4.07. The van der Waals surface area contributed by atoms with Crippen LogP contribution in [0, 0.1) is 5.95 Å². The highest BCUT2D eigenvalue weighted by atomic mass is 19.1. The van der Waals surface area contributed by atoms with Crippen LogP contribution in [-0.2, 0) is 0 Å². The summed E-state index contributed by atoms with van der Waals surface area (Å²) in [5, 5.41) is 0. The summed E-state index contributed by atoms with van der Waals surface area (Å²) >= 11 is 0. The smallest absolute Gasteiger partial charge is 0.254 e. The summed E-state index contributed by atoms with van der Waals surface area (Å²) in [7, 11) is 0. The number of carbonyl (C=O) groups excluding carboxylic acids is 1. The lowest BCUT2D eigenvalue weighted by Gasteiger charge is -2.24. The molecule has 0 bridgehead atoms. The highest BCUT2D eigenvalue weighted by Crippen LogP contribution is 2.13. The van der Waals surface area contributed by atoms with E-state index in [4.69, 9.17) is 0 Å². The molecule has 0 radical (unpaired) electrons. The predicted molar refractivity (Wildman–Crippen MR) is 63.2 cm³/mol. The zero-order valence-electron chi connectivity index (χ0n) is 9.86. The standard InChI is InChI=1S/C13H17FN2O/c14-12-10-11(6-7-15-12)13(17)16-8-4-2-1-3-5-9-16/h6-7,10H,1-5,8-9H2. The molecule has 92 valence electrons. The minimum atomic E-state index is -0.595. The van der Waals surface area contributed by atoms with Gasteiger partial charge in [-0.05, 0) is 18.9 Å². The average Bonchev–Trinajstić information content (AvgIpc) is 2.28. The highest BCUT2D eigenvalue weighted by molar-refractivity contribution is 5.94. The molecule has 4 heteroatoms. The largest absolute Gasteiger partial charge is 0.339 e. The molecule has 0 atom stereocenters. The number of carbonyl (C=O) groups is 1. The molecule has 2 heterocycles. The van der Waals surface area contributed by atoms with Gasteiger partial charge in [-0.1, -0.05) is 19.3 Å². The van der Waals surface area contributed by atoms with Crippen LogP contribution in [0.3, 0.4) is 0 Å². The highest BCUT2D eigenvalue weighted by Gasteiger charge is 2.16. The van der Waals surface area contributed by atoms with Crippen molar-refractivity contribution in [3.05, 3.63) is 29.8 Å². The van der Waals surface area contributed by atoms with E-state index in [0.29, 0.717) is 5.56 Å². The normalized spacial score (nSPS) is 17.4.